The molecule has 0 atom stereocenters. The smallest absolute Gasteiger partial charge is 0.207 e. The highest BCUT2D eigenvalue weighted by Crippen LogP contribution is 2.28. The summed E-state index contributed by atoms with van der Waals surface area (Å²) in [5.41, 5.74) is 0. The molecule has 114 valence electrons. The third kappa shape index (κ3) is 4.77. The van der Waals surface area contributed by atoms with Gasteiger partial charge in [-0.25, -0.2) is 8.42 Å². The van der Waals surface area contributed by atoms with Gasteiger partial charge < -0.3 is 0 Å². The zero-order chi connectivity index (χ0) is 15.6. The van der Waals surface area contributed by atoms with Crippen LogP contribution in [0.1, 0.15) is 0 Å². The van der Waals surface area contributed by atoms with Gasteiger partial charge in [-0.05, 0) is 34.1 Å². The summed E-state index contributed by atoms with van der Waals surface area (Å²) in [6.45, 7) is -2.04. The van der Waals surface area contributed by atoms with Crippen molar-refractivity contribution in [2.24, 2.45) is 0 Å². The average molecular weight is 415 g/mol. The van der Waals surface area contributed by atoms with Crippen LogP contribution >= 0.6 is 39.1 Å². The molecule has 0 saturated carbocycles. The van der Waals surface area contributed by atoms with Crippen molar-refractivity contribution in [3.05, 3.63) is 27.7 Å². The summed E-state index contributed by atoms with van der Waals surface area (Å²) in [4.78, 5) is -0.289. The fraction of sp³-hybridized carbons (Fsp3) is 0.400. The molecular formula is C10H9BrCl2F3NO2S. The highest BCUT2D eigenvalue weighted by atomic mass is 79.9. The first-order chi connectivity index (χ1) is 9.08. The highest BCUT2D eigenvalue weighted by Gasteiger charge is 2.36. The Morgan fingerprint density at radius 1 is 1.30 bits per heavy atom. The summed E-state index contributed by atoms with van der Waals surface area (Å²) in [5.74, 6) is -0.246. The monoisotopic (exact) mass is 413 g/mol. The molecule has 0 fully saturated rings. The van der Waals surface area contributed by atoms with Gasteiger partial charge in [0.25, 0.3) is 0 Å². The van der Waals surface area contributed by atoms with Gasteiger partial charge in [0, 0.05) is 16.9 Å². The molecule has 0 heterocycles. The Hall–Kier alpha value is -0.0200. The number of halogens is 6. The molecule has 1 aromatic carbocycles. The predicted octanol–water partition coefficient (Wildman–Crippen LogP) is 3.89. The van der Waals surface area contributed by atoms with Crippen molar-refractivity contribution in [3.63, 3.8) is 0 Å². The lowest BCUT2D eigenvalue weighted by Crippen LogP contribution is -2.40. The average Bonchev–Trinajstić information content (AvgIpc) is 2.30. The number of alkyl halides is 4. The molecule has 0 unspecified atom stereocenters. The minimum Gasteiger partial charge on any atom is -0.207 e. The lowest BCUT2D eigenvalue weighted by Gasteiger charge is -2.22. The fourth-order valence-electron chi connectivity index (χ4n) is 1.36. The van der Waals surface area contributed by atoms with Crippen molar-refractivity contribution < 1.29 is 21.6 Å². The normalized spacial score (nSPS) is 12.9. The molecule has 10 heteroatoms. The third-order valence-electron chi connectivity index (χ3n) is 2.22. The van der Waals surface area contributed by atoms with E-state index in [1.807, 2.05) is 0 Å². The predicted molar refractivity (Wildman–Crippen MR) is 74.7 cm³/mol. The van der Waals surface area contributed by atoms with Gasteiger partial charge in [0.15, 0.2) is 0 Å². The van der Waals surface area contributed by atoms with E-state index in [-0.39, 0.29) is 24.6 Å². The van der Waals surface area contributed by atoms with Crippen LogP contribution in [0.15, 0.2) is 27.6 Å². The van der Waals surface area contributed by atoms with Crippen molar-refractivity contribution in [1.29, 1.82) is 0 Å². The molecule has 0 N–H and O–H groups in total. The van der Waals surface area contributed by atoms with Crippen LogP contribution in [0, 0.1) is 0 Å². The Bertz CT molecular complexity index is 580. The van der Waals surface area contributed by atoms with E-state index in [4.69, 9.17) is 23.2 Å². The summed E-state index contributed by atoms with van der Waals surface area (Å²) in [5, 5.41) is 0.253. The van der Waals surface area contributed by atoms with E-state index >= 15 is 0 Å². The molecule has 3 nitrogen and oxygen atoms in total. The molecule has 0 aliphatic carbocycles. The molecule has 20 heavy (non-hydrogen) atoms. The second-order valence-electron chi connectivity index (χ2n) is 3.72. The Kier molecular flexibility index (Phi) is 6.15. The second kappa shape index (κ2) is 6.83. The maximum atomic E-state index is 12.4. The number of nitrogens with zero attached hydrogens (tertiary/aromatic N) is 1. The maximum absolute atomic E-state index is 12.4. The minimum absolute atomic E-state index is 0.246. The fourth-order valence-corrected chi connectivity index (χ4v) is 3.77. The lowest BCUT2D eigenvalue weighted by atomic mass is 10.4. The molecular weight excluding hydrogens is 406 g/mol. The zero-order valence-electron chi connectivity index (χ0n) is 9.79. The number of hydrogen-bond acceptors (Lipinski definition) is 2. The lowest BCUT2D eigenvalue weighted by molar-refractivity contribution is -0.135. The number of sulfonamides is 1. The van der Waals surface area contributed by atoms with Gasteiger partial charge in [-0.1, -0.05) is 11.6 Å². The van der Waals surface area contributed by atoms with E-state index in [1.165, 1.54) is 6.07 Å². The molecule has 0 aliphatic heterocycles. The van der Waals surface area contributed by atoms with Crippen LogP contribution in [-0.2, 0) is 10.0 Å². The van der Waals surface area contributed by atoms with Crippen LogP contribution in [-0.4, -0.2) is 37.9 Å². The number of rotatable bonds is 5. The summed E-state index contributed by atoms with van der Waals surface area (Å²) < 4.78 is 62.2. The van der Waals surface area contributed by atoms with Gasteiger partial charge >= 0.3 is 6.18 Å². The topological polar surface area (TPSA) is 37.4 Å². The second-order valence-corrected chi connectivity index (χ2v) is 7.30. The zero-order valence-corrected chi connectivity index (χ0v) is 13.7. The third-order valence-corrected chi connectivity index (χ3v) is 5.44. The van der Waals surface area contributed by atoms with Crippen LogP contribution in [0.5, 0.6) is 0 Å². The summed E-state index contributed by atoms with van der Waals surface area (Å²) in [6.07, 6.45) is -4.65. The SMILES string of the molecule is O=S(=O)(c1ccc(Cl)c(Br)c1)N(CCCl)CC(F)(F)F. The first-order valence-electron chi connectivity index (χ1n) is 5.16. The van der Waals surface area contributed by atoms with E-state index in [2.05, 4.69) is 15.9 Å². The van der Waals surface area contributed by atoms with E-state index in [0.717, 1.165) is 12.1 Å². The Morgan fingerprint density at radius 2 is 1.90 bits per heavy atom. The van der Waals surface area contributed by atoms with Crippen LogP contribution in [0.25, 0.3) is 0 Å². The molecule has 1 aromatic rings. The van der Waals surface area contributed by atoms with Crippen molar-refractivity contribution in [2.45, 2.75) is 11.1 Å². The summed E-state index contributed by atoms with van der Waals surface area (Å²) in [6, 6.07) is 3.57. The quantitative estimate of drug-likeness (QED) is 0.685. The van der Waals surface area contributed by atoms with Crippen molar-refractivity contribution >= 4 is 49.2 Å². The maximum Gasteiger partial charge on any atom is 0.402 e. The van der Waals surface area contributed by atoms with Crippen molar-refractivity contribution in [3.8, 4) is 0 Å². The largest absolute Gasteiger partial charge is 0.402 e. The first kappa shape index (κ1) is 18.0. The summed E-state index contributed by atoms with van der Waals surface area (Å²) in [7, 11) is -4.30. The molecule has 1 rings (SSSR count). The van der Waals surface area contributed by atoms with E-state index in [0.29, 0.717) is 0 Å². The van der Waals surface area contributed by atoms with Gasteiger partial charge in [0.05, 0.1) is 9.92 Å². The first-order valence-corrected chi connectivity index (χ1v) is 8.30. The van der Waals surface area contributed by atoms with Gasteiger partial charge in [-0.3, -0.25) is 0 Å². The number of benzene rings is 1. The molecule has 0 radical (unpaired) electrons. The molecule has 0 aromatic heterocycles. The molecule has 0 aliphatic rings. The molecule has 0 amide bonds. The Morgan fingerprint density at radius 3 is 2.35 bits per heavy atom. The van der Waals surface area contributed by atoms with E-state index in [1.54, 1.807) is 0 Å². The van der Waals surface area contributed by atoms with Gasteiger partial charge in [-0.15, -0.1) is 11.6 Å². The highest BCUT2D eigenvalue weighted by molar-refractivity contribution is 9.10. The Balaban J connectivity index is 3.18. The molecule has 0 bridgehead atoms. The van der Waals surface area contributed by atoms with Crippen LogP contribution in [0.2, 0.25) is 5.02 Å². The van der Waals surface area contributed by atoms with Gasteiger partial charge in [0.1, 0.15) is 6.54 Å². The molecule has 0 saturated heterocycles. The van der Waals surface area contributed by atoms with Gasteiger partial charge in [0.2, 0.25) is 10.0 Å². The Labute approximate surface area is 132 Å². The standard InChI is InChI=1S/C10H9BrCl2F3NO2S/c11-8-5-7(1-2-9(8)13)20(18,19)17(4-3-12)6-10(14,15)16/h1-2,5H,3-4,6H2. The van der Waals surface area contributed by atoms with Crippen LogP contribution in [0.4, 0.5) is 13.2 Å². The van der Waals surface area contributed by atoms with E-state index < -0.39 is 29.3 Å². The van der Waals surface area contributed by atoms with Gasteiger partial charge in [-0.2, -0.15) is 17.5 Å². The van der Waals surface area contributed by atoms with Crippen LogP contribution in [0.3, 0.4) is 0 Å². The van der Waals surface area contributed by atoms with Crippen molar-refractivity contribution in [2.75, 3.05) is 19.0 Å². The summed E-state index contributed by atoms with van der Waals surface area (Å²) >= 11 is 14.1. The van der Waals surface area contributed by atoms with E-state index in [9.17, 15) is 21.6 Å². The van der Waals surface area contributed by atoms with Crippen LogP contribution < -0.4 is 0 Å². The molecule has 0 spiro atoms. The minimum atomic E-state index is -4.65. The van der Waals surface area contributed by atoms with Crippen molar-refractivity contribution in [1.82, 2.24) is 4.31 Å². The number of hydrogen-bond donors (Lipinski definition) is 0.